The predicted octanol–water partition coefficient (Wildman–Crippen LogP) is 1.03. The van der Waals surface area contributed by atoms with Crippen molar-refractivity contribution in [3.8, 4) is 0 Å². The molecule has 0 aromatic heterocycles. The first-order valence-corrected chi connectivity index (χ1v) is 4.99. The van der Waals surface area contributed by atoms with E-state index in [1.54, 1.807) is 6.07 Å². The normalized spacial score (nSPS) is 15.8. The molecule has 1 heterocycles. The number of rotatable bonds is 4. The third-order valence-corrected chi connectivity index (χ3v) is 2.44. The minimum Gasteiger partial charge on any atom is -0.384 e. The van der Waals surface area contributed by atoms with Gasteiger partial charge in [0.1, 0.15) is 17.8 Å². The van der Waals surface area contributed by atoms with Crippen LogP contribution >= 0.6 is 0 Å². The summed E-state index contributed by atoms with van der Waals surface area (Å²) in [6, 6.07) is 4.17. The van der Waals surface area contributed by atoms with Gasteiger partial charge in [-0.25, -0.2) is 4.39 Å². The molecule has 1 aliphatic rings. The van der Waals surface area contributed by atoms with E-state index in [0.717, 1.165) is 5.56 Å². The lowest BCUT2D eigenvalue weighted by atomic mass is 10.1. The van der Waals surface area contributed by atoms with Crippen molar-refractivity contribution in [3.63, 3.8) is 0 Å². The molecule has 2 rings (SSSR count). The van der Waals surface area contributed by atoms with Crippen LogP contribution in [0.15, 0.2) is 18.2 Å². The van der Waals surface area contributed by atoms with Crippen molar-refractivity contribution < 1.29 is 13.9 Å². The zero-order chi connectivity index (χ0) is 11.5. The van der Waals surface area contributed by atoms with Gasteiger partial charge in [0.2, 0.25) is 0 Å². The third kappa shape index (κ3) is 2.37. The summed E-state index contributed by atoms with van der Waals surface area (Å²) in [5.41, 5.74) is 6.48. The highest BCUT2D eigenvalue weighted by molar-refractivity contribution is 5.96. The number of amidine groups is 1. The second-order valence-corrected chi connectivity index (χ2v) is 3.69. The molecular formula is C11H13FN2O2. The van der Waals surface area contributed by atoms with Crippen molar-refractivity contribution in [3.05, 3.63) is 35.1 Å². The Morgan fingerprint density at radius 2 is 2.31 bits per heavy atom. The van der Waals surface area contributed by atoms with E-state index < -0.39 is 5.82 Å². The second kappa shape index (κ2) is 4.59. The van der Waals surface area contributed by atoms with Gasteiger partial charge in [-0.3, -0.25) is 5.41 Å². The summed E-state index contributed by atoms with van der Waals surface area (Å²) >= 11 is 0. The minimum atomic E-state index is -0.402. The van der Waals surface area contributed by atoms with Crippen LogP contribution in [-0.4, -0.2) is 25.2 Å². The molecule has 1 saturated heterocycles. The van der Waals surface area contributed by atoms with Crippen molar-refractivity contribution in [2.75, 3.05) is 13.2 Å². The van der Waals surface area contributed by atoms with Gasteiger partial charge in [0.05, 0.1) is 19.8 Å². The SMILES string of the molecule is N=C(N)c1cc(F)ccc1COC1COC1. The highest BCUT2D eigenvalue weighted by atomic mass is 19.1. The quantitative estimate of drug-likeness (QED) is 0.592. The van der Waals surface area contributed by atoms with Crippen LogP contribution in [0.4, 0.5) is 4.39 Å². The number of ether oxygens (including phenoxy) is 2. The van der Waals surface area contributed by atoms with Crippen molar-refractivity contribution in [2.45, 2.75) is 12.7 Å². The van der Waals surface area contributed by atoms with Gasteiger partial charge in [-0.05, 0) is 17.7 Å². The molecular weight excluding hydrogens is 211 g/mol. The van der Waals surface area contributed by atoms with Crippen molar-refractivity contribution >= 4 is 5.84 Å². The first-order valence-electron chi connectivity index (χ1n) is 4.99. The Labute approximate surface area is 92.7 Å². The average molecular weight is 224 g/mol. The lowest BCUT2D eigenvalue weighted by Gasteiger charge is -2.26. The van der Waals surface area contributed by atoms with Crippen LogP contribution < -0.4 is 5.73 Å². The Kier molecular flexibility index (Phi) is 3.17. The zero-order valence-corrected chi connectivity index (χ0v) is 8.70. The van der Waals surface area contributed by atoms with Crippen LogP contribution in [-0.2, 0) is 16.1 Å². The fourth-order valence-electron chi connectivity index (χ4n) is 1.44. The van der Waals surface area contributed by atoms with E-state index in [4.69, 9.17) is 20.6 Å². The molecule has 16 heavy (non-hydrogen) atoms. The van der Waals surface area contributed by atoms with Crippen LogP contribution in [0.25, 0.3) is 0 Å². The van der Waals surface area contributed by atoms with E-state index >= 15 is 0 Å². The lowest BCUT2D eigenvalue weighted by molar-refractivity contribution is -0.135. The highest BCUT2D eigenvalue weighted by Gasteiger charge is 2.19. The minimum absolute atomic E-state index is 0.102. The summed E-state index contributed by atoms with van der Waals surface area (Å²) < 4.78 is 23.4. The standard InChI is InChI=1S/C11H13FN2O2/c12-8-2-1-7(10(3-8)11(13)14)4-16-9-5-15-6-9/h1-3,9H,4-6H2,(H3,13,14). The molecule has 1 fully saturated rings. The van der Waals surface area contributed by atoms with Gasteiger partial charge >= 0.3 is 0 Å². The van der Waals surface area contributed by atoms with Gasteiger partial charge in [0.15, 0.2) is 0 Å². The zero-order valence-electron chi connectivity index (χ0n) is 8.70. The number of halogens is 1. The number of nitrogens with two attached hydrogens (primary N) is 1. The first kappa shape index (κ1) is 11.0. The molecule has 0 spiro atoms. The molecule has 3 N–H and O–H groups in total. The number of hydrogen-bond acceptors (Lipinski definition) is 3. The Hall–Kier alpha value is -1.46. The summed E-state index contributed by atoms with van der Waals surface area (Å²) in [4.78, 5) is 0. The van der Waals surface area contributed by atoms with Crippen molar-refractivity contribution in [1.82, 2.24) is 0 Å². The van der Waals surface area contributed by atoms with E-state index in [9.17, 15) is 4.39 Å². The number of benzene rings is 1. The van der Waals surface area contributed by atoms with Crippen molar-refractivity contribution in [2.24, 2.45) is 5.73 Å². The van der Waals surface area contributed by atoms with E-state index in [0.29, 0.717) is 25.4 Å². The van der Waals surface area contributed by atoms with Crippen LogP contribution in [0.1, 0.15) is 11.1 Å². The summed E-state index contributed by atoms with van der Waals surface area (Å²) in [5, 5.41) is 7.35. The van der Waals surface area contributed by atoms with Crippen LogP contribution in [0.2, 0.25) is 0 Å². The molecule has 0 unspecified atom stereocenters. The molecule has 1 aromatic carbocycles. The lowest BCUT2D eigenvalue weighted by Crippen LogP contribution is -2.36. The topological polar surface area (TPSA) is 68.3 Å². The molecule has 0 aliphatic carbocycles. The summed E-state index contributed by atoms with van der Waals surface area (Å²) in [6.07, 6.45) is 0.102. The fourth-order valence-corrected chi connectivity index (χ4v) is 1.44. The monoisotopic (exact) mass is 224 g/mol. The molecule has 4 nitrogen and oxygen atoms in total. The Morgan fingerprint density at radius 1 is 1.56 bits per heavy atom. The van der Waals surface area contributed by atoms with Crippen molar-refractivity contribution in [1.29, 1.82) is 5.41 Å². The van der Waals surface area contributed by atoms with Gasteiger partial charge in [-0.1, -0.05) is 6.07 Å². The van der Waals surface area contributed by atoms with E-state index in [-0.39, 0.29) is 11.9 Å². The maximum atomic E-state index is 13.0. The number of hydrogen-bond donors (Lipinski definition) is 2. The fraction of sp³-hybridized carbons (Fsp3) is 0.364. The second-order valence-electron chi connectivity index (χ2n) is 3.69. The third-order valence-electron chi connectivity index (χ3n) is 2.44. The maximum absolute atomic E-state index is 13.0. The average Bonchev–Trinajstić information content (AvgIpc) is 2.17. The molecule has 5 heteroatoms. The van der Waals surface area contributed by atoms with Gasteiger partial charge < -0.3 is 15.2 Å². The molecule has 86 valence electrons. The van der Waals surface area contributed by atoms with E-state index in [1.165, 1.54) is 12.1 Å². The van der Waals surface area contributed by atoms with Gasteiger partial charge in [-0.2, -0.15) is 0 Å². The molecule has 0 radical (unpaired) electrons. The Bertz CT molecular complexity index is 405. The summed E-state index contributed by atoms with van der Waals surface area (Å²) in [6.45, 7) is 1.51. The first-order chi connectivity index (χ1) is 7.66. The Balaban J connectivity index is 2.08. The molecule has 0 amide bonds. The van der Waals surface area contributed by atoms with Gasteiger partial charge in [0.25, 0.3) is 0 Å². The predicted molar refractivity (Wildman–Crippen MR) is 56.8 cm³/mol. The van der Waals surface area contributed by atoms with Crippen LogP contribution in [0.5, 0.6) is 0 Å². The maximum Gasteiger partial charge on any atom is 0.123 e. The molecule has 0 atom stereocenters. The molecule has 0 bridgehead atoms. The largest absolute Gasteiger partial charge is 0.384 e. The van der Waals surface area contributed by atoms with E-state index in [2.05, 4.69) is 0 Å². The Morgan fingerprint density at radius 3 is 2.88 bits per heavy atom. The van der Waals surface area contributed by atoms with Crippen LogP contribution in [0.3, 0.4) is 0 Å². The van der Waals surface area contributed by atoms with Gasteiger partial charge in [-0.15, -0.1) is 0 Å². The molecule has 1 aliphatic heterocycles. The smallest absolute Gasteiger partial charge is 0.123 e. The molecule has 1 aromatic rings. The highest BCUT2D eigenvalue weighted by Crippen LogP contribution is 2.15. The summed E-state index contributed by atoms with van der Waals surface area (Å²) in [5.74, 6) is -0.552. The van der Waals surface area contributed by atoms with E-state index in [1.807, 2.05) is 0 Å². The molecule has 0 saturated carbocycles. The number of nitrogens with one attached hydrogen (secondary N) is 1. The van der Waals surface area contributed by atoms with Gasteiger partial charge in [0, 0.05) is 5.56 Å². The number of nitrogen functional groups attached to an aromatic ring is 1. The summed E-state index contributed by atoms with van der Waals surface area (Å²) in [7, 11) is 0. The van der Waals surface area contributed by atoms with Crippen LogP contribution in [0, 0.1) is 11.2 Å².